The molecule has 0 aliphatic carbocycles. The molecule has 1 aromatic rings. The summed E-state index contributed by atoms with van der Waals surface area (Å²) in [5.41, 5.74) is 0. The Labute approximate surface area is 141 Å². The molecule has 0 bridgehead atoms. The molecule has 1 aromatic carbocycles. The number of rotatable bonds is 3. The van der Waals surface area contributed by atoms with Gasteiger partial charge < -0.3 is 9.47 Å². The van der Waals surface area contributed by atoms with Crippen molar-refractivity contribution in [1.82, 2.24) is 0 Å². The fraction of sp³-hybridized carbons (Fsp3) is 0.588. The van der Waals surface area contributed by atoms with Gasteiger partial charge in [-0.2, -0.15) is 0 Å². The van der Waals surface area contributed by atoms with Gasteiger partial charge in [-0.05, 0) is 18.9 Å². The summed E-state index contributed by atoms with van der Waals surface area (Å²) in [5, 5.41) is 0. The maximum atomic E-state index is 5.01. The van der Waals surface area contributed by atoms with E-state index in [1.165, 1.54) is 13.2 Å². The van der Waals surface area contributed by atoms with Gasteiger partial charge in [-0.25, -0.2) is 0 Å². The second-order valence-electron chi connectivity index (χ2n) is 2.47. The summed E-state index contributed by atoms with van der Waals surface area (Å²) in [6.07, 6.45) is 1.25. The molecule has 0 N–H and O–H groups in total. The van der Waals surface area contributed by atoms with Crippen LogP contribution in [-0.2, 0) is 25.2 Å². The van der Waals surface area contributed by atoms with E-state index >= 15 is 0 Å². The largest absolute Gasteiger partial charge is 0.635 e. The van der Waals surface area contributed by atoms with Crippen LogP contribution in [0.25, 0.3) is 0 Å². The molecular formula is C17H35O2Re-. The van der Waals surface area contributed by atoms with Crippen molar-refractivity contribution in [1.29, 1.82) is 0 Å². The van der Waals surface area contributed by atoms with Crippen LogP contribution < -0.4 is 4.74 Å². The Bertz CT molecular complexity index is 191. The number of ether oxygens (including phenoxy) is 2. The molecule has 2 nitrogen and oxygen atoms in total. The van der Waals surface area contributed by atoms with Crippen molar-refractivity contribution in [3.05, 3.63) is 37.1 Å². The Morgan fingerprint density at radius 3 is 1.50 bits per heavy atom. The van der Waals surface area contributed by atoms with E-state index in [0.29, 0.717) is 0 Å². The smallest absolute Gasteiger partial charge is 0.0866 e. The van der Waals surface area contributed by atoms with Crippen LogP contribution in [0.1, 0.15) is 61.8 Å². The minimum atomic E-state index is 0. The molecule has 0 aliphatic heterocycles. The number of hydrogen-bond acceptors (Lipinski definition) is 2. The third-order valence-corrected chi connectivity index (χ3v) is 1.02. The normalized spacial score (nSPS) is 6.45. The third kappa shape index (κ3) is 36.0. The van der Waals surface area contributed by atoms with E-state index < -0.39 is 0 Å². The standard InChI is InChI=1S/C8H9O2.C3H8.3C2H6.Re/c1-9-7-10-8-5-3-2-4-6-8;1-3-2;3*1-2;/h2-7H,1H3;3H2,1-2H3;3*1-2H3;/q-1;;;;;. The van der Waals surface area contributed by atoms with E-state index in [9.17, 15) is 0 Å². The Morgan fingerprint density at radius 1 is 0.850 bits per heavy atom. The van der Waals surface area contributed by atoms with Crippen LogP contribution in [0.5, 0.6) is 5.75 Å². The van der Waals surface area contributed by atoms with E-state index in [1.54, 1.807) is 7.11 Å². The van der Waals surface area contributed by atoms with E-state index in [4.69, 9.17) is 4.74 Å². The van der Waals surface area contributed by atoms with Crippen LogP contribution in [0, 0.1) is 6.79 Å². The van der Waals surface area contributed by atoms with Crippen molar-refractivity contribution < 1.29 is 29.9 Å². The molecule has 20 heavy (non-hydrogen) atoms. The molecule has 0 fully saturated rings. The van der Waals surface area contributed by atoms with E-state index in [1.807, 2.05) is 71.9 Å². The first-order chi connectivity index (χ1) is 9.35. The van der Waals surface area contributed by atoms with Gasteiger partial charge in [0, 0.05) is 27.5 Å². The summed E-state index contributed by atoms with van der Waals surface area (Å²) in [7, 11) is 1.54. The van der Waals surface area contributed by atoms with Crippen LogP contribution in [0.2, 0.25) is 0 Å². The third-order valence-electron chi connectivity index (χ3n) is 1.02. The van der Waals surface area contributed by atoms with Gasteiger partial charge in [-0.1, -0.05) is 80.0 Å². The molecule has 0 atom stereocenters. The Hall–Kier alpha value is -0.358. The van der Waals surface area contributed by atoms with Gasteiger partial charge in [-0.3, -0.25) is 0 Å². The summed E-state index contributed by atoms with van der Waals surface area (Å²) < 4.78 is 9.61. The fourth-order valence-corrected chi connectivity index (χ4v) is 0.603. The topological polar surface area (TPSA) is 18.5 Å². The van der Waals surface area contributed by atoms with Gasteiger partial charge >= 0.3 is 0 Å². The van der Waals surface area contributed by atoms with Crippen LogP contribution in [0.4, 0.5) is 0 Å². The molecule has 0 heterocycles. The van der Waals surface area contributed by atoms with Crippen LogP contribution in [-0.4, -0.2) is 7.11 Å². The van der Waals surface area contributed by atoms with Crippen molar-refractivity contribution in [3.63, 3.8) is 0 Å². The molecule has 0 saturated heterocycles. The Kier molecular flexibility index (Phi) is 68.2. The molecule has 0 unspecified atom stereocenters. The van der Waals surface area contributed by atoms with E-state index in [0.717, 1.165) is 5.75 Å². The van der Waals surface area contributed by atoms with Crippen molar-refractivity contribution in [2.45, 2.75) is 61.8 Å². The molecule has 3 heteroatoms. The maximum absolute atomic E-state index is 5.01. The summed E-state index contributed by atoms with van der Waals surface area (Å²) >= 11 is 0. The van der Waals surface area contributed by atoms with E-state index in [2.05, 4.69) is 18.6 Å². The Morgan fingerprint density at radius 2 is 1.20 bits per heavy atom. The van der Waals surface area contributed by atoms with Crippen molar-refractivity contribution >= 4 is 0 Å². The quantitative estimate of drug-likeness (QED) is 0.494. The van der Waals surface area contributed by atoms with Gasteiger partial charge in [-0.15, -0.1) is 0 Å². The zero-order valence-electron chi connectivity index (χ0n) is 14.9. The zero-order chi connectivity index (χ0) is 15.9. The molecule has 123 valence electrons. The SMILES string of the molecule is CC.CC.CC.CCC.CO[CH-]Oc1ccccc1.[Re]. The molecule has 0 aromatic heterocycles. The van der Waals surface area contributed by atoms with Gasteiger partial charge in [0.05, 0.1) is 5.75 Å². The minimum absolute atomic E-state index is 0. The first kappa shape index (κ1) is 31.8. The molecule has 0 saturated carbocycles. The number of para-hydroxylation sites is 1. The fourth-order valence-electron chi connectivity index (χ4n) is 0.603. The average molecular weight is 458 g/mol. The van der Waals surface area contributed by atoms with Crippen molar-refractivity contribution in [2.75, 3.05) is 7.11 Å². The second-order valence-corrected chi connectivity index (χ2v) is 2.47. The van der Waals surface area contributed by atoms with Gasteiger partial charge in [0.1, 0.15) is 0 Å². The van der Waals surface area contributed by atoms with Gasteiger partial charge in [0.25, 0.3) is 0 Å². The van der Waals surface area contributed by atoms with E-state index in [-0.39, 0.29) is 20.4 Å². The van der Waals surface area contributed by atoms with Gasteiger partial charge in [0.2, 0.25) is 0 Å². The number of benzene rings is 1. The first-order valence-electron chi connectivity index (χ1n) is 7.41. The molecule has 0 spiro atoms. The summed E-state index contributed by atoms with van der Waals surface area (Å²) in [4.78, 5) is 0. The van der Waals surface area contributed by atoms with Crippen molar-refractivity contribution in [2.24, 2.45) is 0 Å². The summed E-state index contributed by atoms with van der Waals surface area (Å²) in [6, 6.07) is 9.45. The maximum Gasteiger partial charge on any atom is 0.0866 e. The predicted octanol–water partition coefficient (Wildman–Crippen LogP) is 6.32. The number of hydrogen-bond donors (Lipinski definition) is 0. The van der Waals surface area contributed by atoms with Gasteiger partial charge in [0.15, 0.2) is 0 Å². The zero-order valence-corrected chi connectivity index (χ0v) is 17.6. The molecule has 1 radical (unpaired) electrons. The first-order valence-corrected chi connectivity index (χ1v) is 7.41. The van der Waals surface area contributed by atoms with Crippen LogP contribution in [0.15, 0.2) is 30.3 Å². The average Bonchev–Trinajstić information content (AvgIpc) is 2.53. The second kappa shape index (κ2) is 42.8. The molecular weight excluding hydrogens is 422 g/mol. The van der Waals surface area contributed by atoms with Crippen LogP contribution >= 0.6 is 0 Å². The predicted molar refractivity (Wildman–Crippen MR) is 88.4 cm³/mol. The molecule has 0 amide bonds. The monoisotopic (exact) mass is 458 g/mol. The van der Waals surface area contributed by atoms with Crippen molar-refractivity contribution in [3.8, 4) is 5.75 Å². The number of methoxy groups -OCH3 is 1. The van der Waals surface area contributed by atoms with Crippen LogP contribution in [0.3, 0.4) is 0 Å². The molecule has 1 rings (SSSR count). The summed E-state index contributed by atoms with van der Waals surface area (Å²) in [5.74, 6) is 0.782. The minimum Gasteiger partial charge on any atom is -0.635 e. The molecule has 0 aliphatic rings. The Balaban J connectivity index is -0.0000000642. The summed E-state index contributed by atoms with van der Waals surface area (Å²) in [6.45, 7) is 17.5.